The van der Waals surface area contributed by atoms with Crippen LogP contribution in [0.15, 0.2) is 12.7 Å². The number of esters is 1. The minimum Gasteiger partial charge on any atom is -1.00 e. The van der Waals surface area contributed by atoms with Crippen LogP contribution in [0.5, 0.6) is 0 Å². The summed E-state index contributed by atoms with van der Waals surface area (Å²) in [5, 5.41) is 0. The number of hydrogen-bond donors (Lipinski definition) is 0. The first-order valence-electron chi connectivity index (χ1n) is 11.3. The Balaban J connectivity index is 0. The molecule has 0 aromatic carbocycles. The number of unbranched alkanes of at least 4 members (excludes halogenated alkanes) is 9. The topological polar surface area (TPSA) is 26.3 Å². The number of carbonyl (C=O) groups is 1. The number of hydrogen-bond acceptors (Lipinski definition) is 2. The molecular weight excluding hydrogens is 419 g/mol. The number of carbonyl (C=O) groups excluding carboxylic acids is 1. The van der Waals surface area contributed by atoms with Crippen molar-refractivity contribution >= 4 is 13.2 Å². The second kappa shape index (κ2) is 20.8. The largest absolute Gasteiger partial charge is 1.00 e. The Hall–Kier alpha value is 0.120. The van der Waals surface area contributed by atoms with Gasteiger partial charge in [0.15, 0.2) is 0 Å². The maximum absolute atomic E-state index is 11.5. The van der Waals surface area contributed by atoms with E-state index in [-0.39, 0.29) is 23.0 Å². The molecule has 0 aliphatic carbocycles. The second-order valence-electron chi connectivity index (χ2n) is 7.79. The minimum atomic E-state index is -0.995. The van der Waals surface area contributed by atoms with Crippen LogP contribution in [-0.4, -0.2) is 37.2 Å². The molecule has 0 rings (SSSR count). The van der Waals surface area contributed by atoms with E-state index in [4.69, 9.17) is 4.74 Å². The Morgan fingerprint density at radius 1 is 0.741 bits per heavy atom. The average Bonchev–Trinajstić information content (AvgIpc) is 2.65. The van der Waals surface area contributed by atoms with Gasteiger partial charge in [-0.25, -0.2) is 4.79 Å². The molecule has 0 saturated heterocycles. The fraction of sp³-hybridized carbons (Fsp3) is 0.870. The monoisotopic (exact) mass is 464 g/mol. The summed E-state index contributed by atoms with van der Waals surface area (Å²) in [6.07, 6.45) is 22.9. The molecule has 0 saturated carbocycles. The maximum Gasteiger partial charge on any atom is 0.330 e. The van der Waals surface area contributed by atoms with Gasteiger partial charge in [-0.3, -0.25) is 0 Å². The van der Waals surface area contributed by atoms with Crippen LogP contribution in [0, 0.1) is 0 Å². The van der Waals surface area contributed by atoms with Crippen molar-refractivity contribution in [2.45, 2.75) is 97.8 Å². The summed E-state index contributed by atoms with van der Waals surface area (Å²) < 4.78 is 5.40. The van der Waals surface area contributed by atoms with Gasteiger partial charge in [0.05, 0.1) is 24.6 Å². The lowest BCUT2D eigenvalue weighted by Gasteiger charge is -2.28. The van der Waals surface area contributed by atoms with Crippen LogP contribution in [0.25, 0.3) is 0 Å². The van der Waals surface area contributed by atoms with Crippen molar-refractivity contribution in [3.63, 3.8) is 0 Å². The van der Waals surface area contributed by atoms with E-state index >= 15 is 0 Å². The van der Waals surface area contributed by atoms with Crippen LogP contribution in [0.3, 0.4) is 0 Å². The number of halogens is 1. The molecule has 0 bridgehead atoms. The van der Waals surface area contributed by atoms with Gasteiger partial charge in [-0.1, -0.05) is 65.9 Å². The van der Waals surface area contributed by atoms with Crippen LogP contribution >= 0.6 is 7.26 Å². The van der Waals surface area contributed by atoms with E-state index in [1.165, 1.54) is 102 Å². The molecule has 0 aliphatic rings. The first-order valence-corrected chi connectivity index (χ1v) is 13.8. The van der Waals surface area contributed by atoms with Crippen molar-refractivity contribution in [1.82, 2.24) is 0 Å². The van der Waals surface area contributed by atoms with Crippen LogP contribution in [0.4, 0.5) is 0 Å². The lowest BCUT2D eigenvalue weighted by Crippen LogP contribution is -3.00. The standard InChI is InChI=1S/C23H46O2P.BrH/c1-5-9-12-15-19-26(20-16-13-10-6-2,21-17-14-11-7-3)22-18-25-23(24)8-4;/h8H,4-7,9-22H2,1-3H3;1H/q+1;/p-1. The molecule has 2 nitrogen and oxygen atoms in total. The highest BCUT2D eigenvalue weighted by molar-refractivity contribution is 7.75. The molecule has 27 heavy (non-hydrogen) atoms. The maximum atomic E-state index is 11.5. The smallest absolute Gasteiger partial charge is 0.330 e. The van der Waals surface area contributed by atoms with Gasteiger partial charge in [-0.2, -0.15) is 0 Å². The molecular formula is C23H46BrO2P. The molecule has 0 aliphatic heterocycles. The summed E-state index contributed by atoms with van der Waals surface area (Å²) >= 11 is 0. The van der Waals surface area contributed by atoms with Crippen LogP contribution in [-0.2, 0) is 9.53 Å². The normalized spacial score (nSPS) is 11.1. The second-order valence-corrected chi connectivity index (χ2v) is 12.3. The minimum absolute atomic E-state index is 0. The third kappa shape index (κ3) is 16.8. The summed E-state index contributed by atoms with van der Waals surface area (Å²) in [6, 6.07) is 0. The summed E-state index contributed by atoms with van der Waals surface area (Å²) in [7, 11) is -0.995. The van der Waals surface area contributed by atoms with E-state index in [2.05, 4.69) is 27.4 Å². The molecule has 0 amide bonds. The van der Waals surface area contributed by atoms with E-state index in [1.807, 2.05) is 0 Å². The van der Waals surface area contributed by atoms with Gasteiger partial charge in [0.1, 0.15) is 6.61 Å². The van der Waals surface area contributed by atoms with Crippen LogP contribution in [0.2, 0.25) is 0 Å². The van der Waals surface area contributed by atoms with E-state index in [0.29, 0.717) is 6.61 Å². The van der Waals surface area contributed by atoms with Crippen molar-refractivity contribution in [1.29, 1.82) is 0 Å². The quantitative estimate of drug-likeness (QED) is 0.122. The highest BCUT2D eigenvalue weighted by Gasteiger charge is 2.35. The molecule has 0 unspecified atom stereocenters. The number of ether oxygens (including phenoxy) is 1. The molecule has 0 aromatic rings. The van der Waals surface area contributed by atoms with E-state index in [9.17, 15) is 4.79 Å². The Morgan fingerprint density at radius 3 is 1.48 bits per heavy atom. The lowest BCUT2D eigenvalue weighted by molar-refractivity contribution is -0.137. The molecule has 0 heterocycles. The first-order chi connectivity index (χ1) is 12.6. The zero-order valence-corrected chi connectivity index (χ0v) is 20.9. The van der Waals surface area contributed by atoms with Crippen molar-refractivity contribution in [3.8, 4) is 0 Å². The highest BCUT2D eigenvalue weighted by atomic mass is 79.9. The summed E-state index contributed by atoms with van der Waals surface area (Å²) in [5.74, 6) is -0.258. The van der Waals surface area contributed by atoms with Gasteiger partial charge in [0.2, 0.25) is 0 Å². The van der Waals surface area contributed by atoms with E-state index < -0.39 is 7.26 Å². The zero-order valence-electron chi connectivity index (χ0n) is 18.4. The predicted molar refractivity (Wildman–Crippen MR) is 120 cm³/mol. The molecule has 0 aromatic heterocycles. The van der Waals surface area contributed by atoms with Gasteiger partial charge in [-0.05, 0) is 38.5 Å². The Kier molecular flexibility index (Phi) is 22.6. The predicted octanol–water partition coefficient (Wildman–Crippen LogP) is 4.48. The van der Waals surface area contributed by atoms with E-state index in [1.54, 1.807) is 0 Å². The Bertz CT molecular complexity index is 316. The lowest BCUT2D eigenvalue weighted by atomic mass is 10.2. The molecule has 4 heteroatoms. The molecule has 162 valence electrons. The van der Waals surface area contributed by atoms with Gasteiger partial charge in [0, 0.05) is 13.3 Å². The fourth-order valence-corrected chi connectivity index (χ4v) is 8.20. The highest BCUT2D eigenvalue weighted by Crippen LogP contribution is 2.60. The third-order valence-electron chi connectivity index (χ3n) is 5.43. The van der Waals surface area contributed by atoms with Crippen molar-refractivity contribution in [2.75, 3.05) is 31.3 Å². The van der Waals surface area contributed by atoms with Gasteiger partial charge >= 0.3 is 5.97 Å². The molecule has 0 spiro atoms. The molecule has 0 radical (unpaired) electrons. The summed E-state index contributed by atoms with van der Waals surface area (Å²) in [4.78, 5) is 11.5. The SMILES string of the molecule is C=CC(=O)OCC[P+](CCCCCC)(CCCCCC)CCCCCC.[Br-]. The van der Waals surface area contributed by atoms with Crippen LogP contribution in [0.1, 0.15) is 97.8 Å². The Labute approximate surface area is 181 Å². The van der Waals surface area contributed by atoms with Crippen molar-refractivity contribution < 1.29 is 26.5 Å². The van der Waals surface area contributed by atoms with E-state index in [0.717, 1.165) is 6.16 Å². The number of rotatable bonds is 19. The first kappa shape index (κ1) is 29.3. The van der Waals surface area contributed by atoms with Crippen molar-refractivity contribution in [3.05, 3.63) is 12.7 Å². The van der Waals surface area contributed by atoms with Gasteiger partial charge < -0.3 is 21.7 Å². The van der Waals surface area contributed by atoms with Gasteiger partial charge in [-0.15, -0.1) is 0 Å². The molecule has 0 atom stereocenters. The van der Waals surface area contributed by atoms with Crippen LogP contribution < -0.4 is 17.0 Å². The average molecular weight is 465 g/mol. The third-order valence-corrected chi connectivity index (χ3v) is 10.4. The molecule has 0 N–H and O–H groups in total. The van der Waals surface area contributed by atoms with Gasteiger partial charge in [0.25, 0.3) is 0 Å². The zero-order chi connectivity index (χ0) is 19.5. The summed E-state index contributed by atoms with van der Waals surface area (Å²) in [5.41, 5.74) is 0. The molecule has 0 fully saturated rings. The summed E-state index contributed by atoms with van der Waals surface area (Å²) in [6.45, 7) is 11.0. The Morgan fingerprint density at radius 2 is 1.15 bits per heavy atom. The fourth-order valence-electron chi connectivity index (χ4n) is 3.69. The van der Waals surface area contributed by atoms with Crippen molar-refractivity contribution in [2.24, 2.45) is 0 Å².